The molecule has 1 unspecified atom stereocenters. The van der Waals surface area contributed by atoms with Gasteiger partial charge in [0, 0.05) is 12.8 Å². The van der Waals surface area contributed by atoms with Crippen molar-refractivity contribution < 1.29 is 52.8 Å². The first-order valence-electron chi connectivity index (χ1n) is 18.8. The van der Waals surface area contributed by atoms with E-state index in [9.17, 15) is 33.9 Å². The van der Waals surface area contributed by atoms with Gasteiger partial charge >= 0.3 is 11.9 Å². The number of aliphatic hydroxyl groups is 1. The number of rotatable bonds is 23. The van der Waals surface area contributed by atoms with Crippen molar-refractivity contribution in [1.82, 2.24) is 21.3 Å². The van der Waals surface area contributed by atoms with Gasteiger partial charge in [0.25, 0.3) is 0 Å². The lowest BCUT2D eigenvalue weighted by Gasteiger charge is -2.29. The highest BCUT2D eigenvalue weighted by molar-refractivity contribution is 5.95. The third-order valence-electron chi connectivity index (χ3n) is 8.71. The molecule has 5 atom stereocenters. The van der Waals surface area contributed by atoms with Crippen molar-refractivity contribution in [2.45, 2.75) is 111 Å². The Labute approximate surface area is 323 Å². The maximum absolute atomic E-state index is 13.5. The highest BCUT2D eigenvalue weighted by atomic mass is 16.5. The van der Waals surface area contributed by atoms with Crippen molar-refractivity contribution in [3.05, 3.63) is 36.4 Å². The first-order valence-corrected chi connectivity index (χ1v) is 18.8. The van der Waals surface area contributed by atoms with Gasteiger partial charge in [0.05, 0.1) is 33.5 Å². The van der Waals surface area contributed by atoms with Crippen LogP contribution in [0.4, 0.5) is 0 Å². The molecule has 4 amide bonds. The van der Waals surface area contributed by atoms with Crippen molar-refractivity contribution >= 4 is 46.3 Å². The van der Waals surface area contributed by atoms with E-state index >= 15 is 0 Å². The number of amides is 4. The third-order valence-corrected chi connectivity index (χ3v) is 8.71. The number of benzene rings is 2. The molecule has 0 aliphatic carbocycles. The van der Waals surface area contributed by atoms with Crippen molar-refractivity contribution in [2.75, 3.05) is 27.4 Å². The average Bonchev–Trinajstić information content (AvgIpc) is 3.13. The first kappa shape index (κ1) is 46.2. The van der Waals surface area contributed by atoms with E-state index in [4.69, 9.17) is 14.2 Å². The normalized spacial score (nSPS) is 14.0. The predicted octanol–water partition coefficient (Wildman–Crippen LogP) is 3.18. The minimum absolute atomic E-state index is 0.00230. The Morgan fingerprint density at radius 1 is 0.618 bits per heavy atom. The number of ether oxygens (including phenoxy) is 4. The van der Waals surface area contributed by atoms with Gasteiger partial charge in [-0.3, -0.25) is 24.0 Å². The number of hydrogen-bond acceptors (Lipinski definition) is 11. The minimum Gasteiger partial charge on any atom is -0.494 e. The molecular weight excluding hydrogens is 712 g/mol. The molecular formula is C40H60N4O11. The second-order valence-electron chi connectivity index (χ2n) is 14.6. The maximum Gasteiger partial charge on any atom is 0.328 e. The summed E-state index contributed by atoms with van der Waals surface area (Å²) >= 11 is 0. The lowest BCUT2D eigenvalue weighted by Crippen LogP contribution is -2.60. The van der Waals surface area contributed by atoms with Crippen LogP contribution in [0.1, 0.15) is 80.6 Å². The van der Waals surface area contributed by atoms with E-state index in [1.54, 1.807) is 27.7 Å². The van der Waals surface area contributed by atoms with Crippen molar-refractivity contribution in [3.63, 3.8) is 0 Å². The second-order valence-corrected chi connectivity index (χ2v) is 14.6. The number of hydrogen-bond donors (Lipinski definition) is 5. The molecule has 0 aliphatic rings. The van der Waals surface area contributed by atoms with Gasteiger partial charge in [0.2, 0.25) is 23.6 Å². The highest BCUT2D eigenvalue weighted by Crippen LogP contribution is 2.25. The van der Waals surface area contributed by atoms with Gasteiger partial charge in [0.1, 0.15) is 35.7 Å². The average molecular weight is 773 g/mol. The van der Waals surface area contributed by atoms with Crippen molar-refractivity contribution in [2.24, 2.45) is 17.8 Å². The zero-order valence-corrected chi connectivity index (χ0v) is 33.6. The number of esters is 2. The van der Waals surface area contributed by atoms with Gasteiger partial charge in [-0.1, -0.05) is 53.7 Å². The molecule has 0 heterocycles. The van der Waals surface area contributed by atoms with Crippen LogP contribution in [-0.2, 0) is 38.2 Å². The molecule has 0 bridgehead atoms. The van der Waals surface area contributed by atoms with E-state index in [0.717, 1.165) is 10.8 Å². The van der Waals surface area contributed by atoms with E-state index in [1.165, 1.54) is 21.1 Å². The number of carbonyl (C=O) groups is 6. The third kappa shape index (κ3) is 15.8. The van der Waals surface area contributed by atoms with E-state index in [1.807, 2.05) is 50.2 Å². The maximum atomic E-state index is 13.5. The standard InChI is InChI=1S/C40H60N4O11/c1-23(2)20-31(37(48)43-34(24(3)4)38(49)44-35(25(5)6)40(51)53-9)41-39(50)36(26(7)45)42-32(46)12-10-18-54-29-16-14-27-15-17-30(22-28(27)21-29)55-19-11-13-33(47)52-8/h14-17,21-26,31,34-36,45H,10-13,18-20H2,1-9H3,(H,41,50)(H,42,46)(H,43,48)(H,44,49)/t26?,31-,34-,35-,36-/m0/s1. The van der Waals surface area contributed by atoms with Gasteiger partial charge in [-0.15, -0.1) is 0 Å². The van der Waals surface area contributed by atoms with Crippen molar-refractivity contribution in [3.8, 4) is 11.5 Å². The largest absolute Gasteiger partial charge is 0.494 e. The zero-order chi connectivity index (χ0) is 41.2. The molecule has 2 aromatic carbocycles. The molecule has 2 aromatic rings. The summed E-state index contributed by atoms with van der Waals surface area (Å²) in [5.74, 6) is -2.82. The fourth-order valence-corrected chi connectivity index (χ4v) is 5.59. The fraction of sp³-hybridized carbons (Fsp3) is 0.600. The van der Waals surface area contributed by atoms with Crippen molar-refractivity contribution in [1.29, 1.82) is 0 Å². The van der Waals surface area contributed by atoms with Crippen LogP contribution in [0, 0.1) is 17.8 Å². The Kier molecular flexibility index (Phi) is 19.4. The molecule has 2 rings (SSSR count). The molecule has 306 valence electrons. The van der Waals surface area contributed by atoms with E-state index in [0.29, 0.717) is 30.9 Å². The minimum atomic E-state index is -1.36. The topological polar surface area (TPSA) is 208 Å². The van der Waals surface area contributed by atoms with Gasteiger partial charge in [-0.2, -0.15) is 0 Å². The van der Waals surface area contributed by atoms with E-state index < -0.39 is 59.9 Å². The quantitative estimate of drug-likeness (QED) is 0.0819. The molecule has 0 saturated carbocycles. The number of methoxy groups -OCH3 is 2. The van der Waals surface area contributed by atoms with E-state index in [2.05, 4.69) is 26.0 Å². The summed E-state index contributed by atoms with van der Waals surface area (Å²) in [6.45, 7) is 12.6. The summed E-state index contributed by atoms with van der Waals surface area (Å²) in [6.07, 6.45) is 0.0273. The van der Waals surface area contributed by atoms with Gasteiger partial charge < -0.3 is 45.3 Å². The van der Waals surface area contributed by atoms with Crippen LogP contribution >= 0.6 is 0 Å². The Bertz CT molecular complexity index is 1590. The molecule has 0 radical (unpaired) electrons. The number of fused-ring (bicyclic) bond motifs is 1. The Morgan fingerprint density at radius 2 is 1.15 bits per heavy atom. The number of nitrogens with one attached hydrogen (secondary N) is 4. The van der Waals surface area contributed by atoms with Crippen LogP contribution in [-0.4, -0.2) is 98.4 Å². The fourth-order valence-electron chi connectivity index (χ4n) is 5.59. The second kappa shape index (κ2) is 23.1. The number of aliphatic hydroxyl groups excluding tert-OH is 1. The summed E-state index contributed by atoms with van der Waals surface area (Å²) in [7, 11) is 2.57. The molecule has 0 spiro atoms. The predicted molar refractivity (Wildman–Crippen MR) is 206 cm³/mol. The van der Waals surface area contributed by atoms with Crippen LogP contribution in [0.15, 0.2) is 36.4 Å². The molecule has 15 nitrogen and oxygen atoms in total. The molecule has 0 saturated heterocycles. The lowest BCUT2D eigenvalue weighted by molar-refractivity contribution is -0.147. The first-order chi connectivity index (χ1) is 26.0. The van der Waals surface area contributed by atoms with Crippen LogP contribution in [0.25, 0.3) is 10.8 Å². The zero-order valence-electron chi connectivity index (χ0n) is 33.6. The lowest BCUT2D eigenvalue weighted by atomic mass is 9.98. The molecule has 5 N–H and O–H groups in total. The summed E-state index contributed by atoms with van der Waals surface area (Å²) in [5.41, 5.74) is 0. The Balaban J connectivity index is 1.98. The van der Waals surface area contributed by atoms with E-state index in [-0.39, 0.29) is 49.6 Å². The highest BCUT2D eigenvalue weighted by Gasteiger charge is 2.34. The van der Waals surface area contributed by atoms with Gasteiger partial charge in [-0.25, -0.2) is 4.79 Å². The summed E-state index contributed by atoms with van der Waals surface area (Å²) in [6, 6.07) is 6.82. The molecule has 0 aliphatic heterocycles. The molecule has 15 heteroatoms. The Hall–Kier alpha value is -4.92. The summed E-state index contributed by atoms with van der Waals surface area (Å²) in [5, 5.41) is 22.9. The van der Waals surface area contributed by atoms with Gasteiger partial charge in [0.15, 0.2) is 0 Å². The monoisotopic (exact) mass is 772 g/mol. The van der Waals surface area contributed by atoms with Gasteiger partial charge in [-0.05, 0) is 79.0 Å². The summed E-state index contributed by atoms with van der Waals surface area (Å²) < 4.78 is 21.1. The van der Waals surface area contributed by atoms with Crippen LogP contribution in [0.3, 0.4) is 0 Å². The Morgan fingerprint density at radius 3 is 1.64 bits per heavy atom. The smallest absolute Gasteiger partial charge is 0.328 e. The number of carbonyl (C=O) groups excluding carboxylic acids is 6. The van der Waals surface area contributed by atoms with Crippen LogP contribution < -0.4 is 30.7 Å². The molecule has 0 aromatic heterocycles. The van der Waals surface area contributed by atoms with Crippen LogP contribution in [0.2, 0.25) is 0 Å². The molecule has 0 fully saturated rings. The SMILES string of the molecule is COC(=O)CCCOc1ccc2ccc(OCCCC(=O)N[C@H](C(=O)N[C@@H](CC(C)C)C(=O)N[C@H](C(=O)N[C@H](C(=O)OC)C(C)C)C(C)C)C(C)O)cc2c1. The van der Waals surface area contributed by atoms with Crippen LogP contribution in [0.5, 0.6) is 11.5 Å². The molecule has 55 heavy (non-hydrogen) atoms. The summed E-state index contributed by atoms with van der Waals surface area (Å²) in [4.78, 5) is 76.6.